The number of benzene rings is 1. The SMILES string of the molecule is CNC(=O)c1cnc2[nH]ccc2c1N[C@@H]1CCN(Cc2cccc(OC)c2)[C@@H](C)C1. The van der Waals surface area contributed by atoms with Crippen molar-refractivity contribution in [2.45, 2.75) is 38.4 Å². The van der Waals surface area contributed by atoms with Crippen molar-refractivity contribution in [3.8, 4) is 5.75 Å². The molecule has 1 aromatic carbocycles. The molecule has 3 aromatic rings. The molecular formula is C23H29N5O2. The van der Waals surface area contributed by atoms with E-state index in [0.717, 1.165) is 48.4 Å². The number of likely N-dealkylation sites (tertiary alicyclic amines) is 1. The molecule has 7 heteroatoms. The van der Waals surface area contributed by atoms with Gasteiger partial charge in [0.1, 0.15) is 11.4 Å². The second kappa shape index (κ2) is 8.75. The molecule has 1 amide bonds. The maximum atomic E-state index is 12.4. The summed E-state index contributed by atoms with van der Waals surface area (Å²) in [5.41, 5.74) is 3.49. The van der Waals surface area contributed by atoms with E-state index in [1.54, 1.807) is 20.4 Å². The number of H-pyrrole nitrogens is 1. The smallest absolute Gasteiger partial charge is 0.254 e. The summed E-state index contributed by atoms with van der Waals surface area (Å²) in [7, 11) is 3.35. The predicted molar refractivity (Wildman–Crippen MR) is 119 cm³/mol. The Kier molecular flexibility index (Phi) is 5.90. The van der Waals surface area contributed by atoms with E-state index < -0.39 is 0 Å². The highest BCUT2D eigenvalue weighted by atomic mass is 16.5. The van der Waals surface area contributed by atoms with Gasteiger partial charge < -0.3 is 20.4 Å². The number of methoxy groups -OCH3 is 1. The molecule has 158 valence electrons. The first kappa shape index (κ1) is 20.2. The van der Waals surface area contributed by atoms with E-state index in [-0.39, 0.29) is 5.91 Å². The lowest BCUT2D eigenvalue weighted by Crippen LogP contribution is -2.44. The van der Waals surface area contributed by atoms with Crippen LogP contribution in [0.15, 0.2) is 42.7 Å². The third-order valence-corrected chi connectivity index (χ3v) is 5.94. The fourth-order valence-corrected chi connectivity index (χ4v) is 4.27. The third kappa shape index (κ3) is 4.11. The minimum atomic E-state index is -0.128. The molecule has 3 heterocycles. The lowest BCUT2D eigenvalue weighted by Gasteiger charge is -2.38. The lowest BCUT2D eigenvalue weighted by molar-refractivity contribution is 0.0963. The zero-order chi connectivity index (χ0) is 21.1. The molecule has 30 heavy (non-hydrogen) atoms. The maximum absolute atomic E-state index is 12.4. The molecule has 0 bridgehead atoms. The molecule has 1 fully saturated rings. The fourth-order valence-electron chi connectivity index (χ4n) is 4.27. The number of carbonyl (C=O) groups excluding carboxylic acids is 1. The Morgan fingerprint density at radius 1 is 1.37 bits per heavy atom. The molecule has 4 rings (SSSR count). The van der Waals surface area contributed by atoms with Crippen LogP contribution in [0, 0.1) is 0 Å². The van der Waals surface area contributed by atoms with Crippen molar-refractivity contribution in [2.24, 2.45) is 0 Å². The Balaban J connectivity index is 1.48. The van der Waals surface area contributed by atoms with Crippen molar-refractivity contribution < 1.29 is 9.53 Å². The predicted octanol–water partition coefficient (Wildman–Crippen LogP) is 3.40. The highest BCUT2D eigenvalue weighted by molar-refractivity contribution is 6.06. The van der Waals surface area contributed by atoms with Crippen molar-refractivity contribution in [2.75, 3.05) is 26.0 Å². The average molecular weight is 408 g/mol. The van der Waals surface area contributed by atoms with E-state index in [1.807, 2.05) is 24.4 Å². The molecule has 0 spiro atoms. The molecule has 7 nitrogen and oxygen atoms in total. The number of hydrogen-bond donors (Lipinski definition) is 3. The van der Waals surface area contributed by atoms with E-state index in [0.29, 0.717) is 17.6 Å². The van der Waals surface area contributed by atoms with Gasteiger partial charge in [0.15, 0.2) is 0 Å². The van der Waals surface area contributed by atoms with E-state index in [4.69, 9.17) is 4.74 Å². The molecule has 1 aliphatic rings. The summed E-state index contributed by atoms with van der Waals surface area (Å²) in [6.45, 7) is 4.17. The van der Waals surface area contributed by atoms with Gasteiger partial charge in [0, 0.05) is 50.0 Å². The summed E-state index contributed by atoms with van der Waals surface area (Å²) in [6.07, 6.45) is 5.51. The Bertz CT molecular complexity index is 1030. The Hall–Kier alpha value is -3.06. The van der Waals surface area contributed by atoms with Crippen molar-refractivity contribution in [1.82, 2.24) is 20.2 Å². The zero-order valence-corrected chi connectivity index (χ0v) is 17.7. The van der Waals surface area contributed by atoms with Gasteiger partial charge in [0.25, 0.3) is 5.91 Å². The number of carbonyl (C=O) groups is 1. The number of ether oxygens (including phenoxy) is 1. The van der Waals surface area contributed by atoms with Crippen LogP contribution in [-0.4, -0.2) is 53.6 Å². The number of fused-ring (bicyclic) bond motifs is 1. The Morgan fingerprint density at radius 2 is 2.23 bits per heavy atom. The van der Waals surface area contributed by atoms with Crippen LogP contribution in [0.2, 0.25) is 0 Å². The highest BCUT2D eigenvalue weighted by Gasteiger charge is 2.27. The fraction of sp³-hybridized carbons (Fsp3) is 0.391. The molecule has 2 aromatic heterocycles. The van der Waals surface area contributed by atoms with E-state index in [2.05, 4.69) is 44.6 Å². The van der Waals surface area contributed by atoms with Crippen LogP contribution in [0.4, 0.5) is 5.69 Å². The van der Waals surface area contributed by atoms with Crippen molar-refractivity contribution >= 4 is 22.6 Å². The summed E-state index contributed by atoms with van der Waals surface area (Å²) in [5.74, 6) is 0.767. The number of aromatic amines is 1. The van der Waals surface area contributed by atoms with Gasteiger partial charge in [-0.2, -0.15) is 0 Å². The van der Waals surface area contributed by atoms with Gasteiger partial charge in [-0.1, -0.05) is 12.1 Å². The number of hydrogen-bond acceptors (Lipinski definition) is 5. The highest BCUT2D eigenvalue weighted by Crippen LogP contribution is 2.29. The number of anilines is 1. The number of nitrogens with zero attached hydrogens (tertiary/aromatic N) is 2. The topological polar surface area (TPSA) is 82.3 Å². The number of nitrogens with one attached hydrogen (secondary N) is 3. The van der Waals surface area contributed by atoms with E-state index >= 15 is 0 Å². The number of rotatable bonds is 6. The number of aromatic nitrogens is 2. The van der Waals surface area contributed by atoms with Gasteiger partial charge in [0.2, 0.25) is 0 Å². The number of amides is 1. The summed E-state index contributed by atoms with van der Waals surface area (Å²) in [5, 5.41) is 7.33. The van der Waals surface area contributed by atoms with Crippen molar-refractivity contribution in [3.05, 3.63) is 53.9 Å². The first-order chi connectivity index (χ1) is 14.6. The molecule has 1 saturated heterocycles. The second-order valence-corrected chi connectivity index (χ2v) is 7.90. The molecule has 0 radical (unpaired) electrons. The first-order valence-corrected chi connectivity index (χ1v) is 10.4. The average Bonchev–Trinajstić information content (AvgIpc) is 3.25. The largest absolute Gasteiger partial charge is 0.497 e. The van der Waals surface area contributed by atoms with Gasteiger partial charge >= 0.3 is 0 Å². The number of piperidine rings is 1. The monoisotopic (exact) mass is 407 g/mol. The molecule has 1 aliphatic heterocycles. The zero-order valence-electron chi connectivity index (χ0n) is 17.7. The molecular weight excluding hydrogens is 378 g/mol. The van der Waals surface area contributed by atoms with Gasteiger partial charge in [-0.25, -0.2) is 4.98 Å². The van der Waals surface area contributed by atoms with Crippen LogP contribution >= 0.6 is 0 Å². The van der Waals surface area contributed by atoms with Gasteiger partial charge in [0.05, 0.1) is 18.4 Å². The summed E-state index contributed by atoms with van der Waals surface area (Å²) < 4.78 is 5.35. The van der Waals surface area contributed by atoms with Crippen LogP contribution in [-0.2, 0) is 6.54 Å². The molecule has 3 N–H and O–H groups in total. The Morgan fingerprint density at radius 3 is 3.00 bits per heavy atom. The van der Waals surface area contributed by atoms with E-state index in [1.165, 1.54) is 5.56 Å². The standard InChI is InChI=1S/C23H29N5O2/c1-15-11-17(8-10-28(15)14-16-5-4-6-18(12-16)30-3)27-21-19-7-9-25-22(19)26-13-20(21)23(29)24-2/h4-7,9,12-13,15,17H,8,10-11,14H2,1-3H3,(H,24,29)(H2,25,26,27)/t15-,17+/m0/s1. The van der Waals surface area contributed by atoms with Crippen LogP contribution < -0.4 is 15.4 Å². The quantitative estimate of drug-likeness (QED) is 0.583. The molecule has 0 unspecified atom stereocenters. The van der Waals surface area contributed by atoms with Crippen molar-refractivity contribution in [3.63, 3.8) is 0 Å². The van der Waals surface area contributed by atoms with E-state index in [9.17, 15) is 4.79 Å². The van der Waals surface area contributed by atoms with Crippen LogP contribution in [0.5, 0.6) is 5.75 Å². The normalized spacial score (nSPS) is 19.6. The lowest BCUT2D eigenvalue weighted by atomic mass is 9.96. The summed E-state index contributed by atoms with van der Waals surface area (Å²) >= 11 is 0. The maximum Gasteiger partial charge on any atom is 0.254 e. The molecule has 2 atom stereocenters. The minimum Gasteiger partial charge on any atom is -0.497 e. The van der Waals surface area contributed by atoms with Crippen molar-refractivity contribution in [1.29, 1.82) is 0 Å². The van der Waals surface area contributed by atoms with Crippen LogP contribution in [0.25, 0.3) is 11.0 Å². The number of pyridine rings is 1. The third-order valence-electron chi connectivity index (χ3n) is 5.94. The summed E-state index contributed by atoms with van der Waals surface area (Å²) in [6, 6.07) is 11.0. The van der Waals surface area contributed by atoms with Gasteiger partial charge in [-0.3, -0.25) is 9.69 Å². The second-order valence-electron chi connectivity index (χ2n) is 7.90. The van der Waals surface area contributed by atoms with Crippen LogP contribution in [0.3, 0.4) is 0 Å². The van der Waals surface area contributed by atoms with Gasteiger partial charge in [-0.15, -0.1) is 0 Å². The minimum absolute atomic E-state index is 0.128. The van der Waals surface area contributed by atoms with Gasteiger partial charge in [-0.05, 0) is 43.5 Å². The summed E-state index contributed by atoms with van der Waals surface area (Å²) in [4.78, 5) is 22.4. The Labute approximate surface area is 176 Å². The molecule has 0 saturated carbocycles. The molecule has 0 aliphatic carbocycles. The van der Waals surface area contributed by atoms with Crippen LogP contribution in [0.1, 0.15) is 35.7 Å². The first-order valence-electron chi connectivity index (χ1n) is 10.4.